The summed E-state index contributed by atoms with van der Waals surface area (Å²) in [6.45, 7) is 5.49. The van der Waals surface area contributed by atoms with Gasteiger partial charge in [-0.15, -0.1) is 0 Å². The van der Waals surface area contributed by atoms with Gasteiger partial charge in [0.05, 0.1) is 6.61 Å². The number of hydrogen-bond donors (Lipinski definition) is 0. The van der Waals surface area contributed by atoms with Gasteiger partial charge in [0.1, 0.15) is 12.1 Å². The van der Waals surface area contributed by atoms with Gasteiger partial charge in [-0.25, -0.2) is 4.98 Å². The molecule has 27 heavy (non-hydrogen) atoms. The van der Waals surface area contributed by atoms with E-state index >= 15 is 0 Å². The molecule has 0 spiro atoms. The van der Waals surface area contributed by atoms with Crippen LogP contribution in [-0.4, -0.2) is 26.7 Å². The quantitative estimate of drug-likeness (QED) is 0.373. The Morgan fingerprint density at radius 1 is 1.11 bits per heavy atom. The van der Waals surface area contributed by atoms with Gasteiger partial charge in [-0.05, 0) is 38.3 Å². The molecule has 144 valence electrons. The normalized spacial score (nSPS) is 11.2. The van der Waals surface area contributed by atoms with E-state index in [-0.39, 0.29) is 5.97 Å². The average molecular weight is 367 g/mol. The summed E-state index contributed by atoms with van der Waals surface area (Å²) in [5.74, 6) is 1.13. The summed E-state index contributed by atoms with van der Waals surface area (Å²) in [7, 11) is 0. The molecular weight excluding hydrogens is 338 g/mol. The van der Waals surface area contributed by atoms with Crippen LogP contribution >= 0.6 is 0 Å². The first-order valence-electron chi connectivity index (χ1n) is 9.94. The van der Waals surface area contributed by atoms with E-state index < -0.39 is 0 Å². The number of benzene rings is 1. The Hall–Kier alpha value is -2.56. The fraction of sp³-hybridized carbons (Fsp3) is 0.455. The van der Waals surface area contributed by atoms with Gasteiger partial charge in [-0.1, -0.05) is 37.5 Å². The maximum Gasteiger partial charge on any atom is 0.305 e. The van der Waals surface area contributed by atoms with Crippen molar-refractivity contribution in [2.45, 2.75) is 58.9 Å². The molecule has 3 rings (SSSR count). The number of unbranched alkanes of at least 4 members (excludes halogenated alkanes) is 4. The van der Waals surface area contributed by atoms with Crippen molar-refractivity contribution in [3.05, 3.63) is 48.5 Å². The molecule has 0 aliphatic carbocycles. The summed E-state index contributed by atoms with van der Waals surface area (Å²) in [5, 5.41) is 1.30. The maximum absolute atomic E-state index is 11.4. The Morgan fingerprint density at radius 2 is 1.89 bits per heavy atom. The summed E-state index contributed by atoms with van der Waals surface area (Å²) >= 11 is 0. The Bertz CT molecular complexity index is 865. The van der Waals surface area contributed by atoms with E-state index in [4.69, 9.17) is 4.74 Å². The van der Waals surface area contributed by atoms with Gasteiger partial charge in [0.25, 0.3) is 0 Å². The molecular formula is C22H29N3O2. The number of imidazole rings is 1. The van der Waals surface area contributed by atoms with Gasteiger partial charge in [-0.2, -0.15) is 0 Å². The second-order valence-corrected chi connectivity index (χ2v) is 6.91. The molecule has 0 aliphatic rings. The molecule has 0 fully saturated rings. The molecule has 0 atom stereocenters. The number of carbonyl (C=O) groups excluding carboxylic acids is 1. The van der Waals surface area contributed by atoms with Crippen molar-refractivity contribution < 1.29 is 9.53 Å². The third-order valence-electron chi connectivity index (χ3n) is 5.01. The highest BCUT2D eigenvalue weighted by Crippen LogP contribution is 2.28. The van der Waals surface area contributed by atoms with E-state index in [1.165, 1.54) is 22.3 Å². The van der Waals surface area contributed by atoms with E-state index in [1.54, 1.807) is 0 Å². The van der Waals surface area contributed by atoms with Crippen LogP contribution in [0.1, 0.15) is 51.0 Å². The first-order valence-corrected chi connectivity index (χ1v) is 9.94. The van der Waals surface area contributed by atoms with Crippen molar-refractivity contribution in [2.24, 2.45) is 0 Å². The molecule has 1 aromatic carbocycles. The number of aromatic nitrogens is 3. The van der Waals surface area contributed by atoms with Gasteiger partial charge < -0.3 is 9.30 Å². The number of esters is 1. The molecule has 0 amide bonds. The Morgan fingerprint density at radius 3 is 2.67 bits per heavy atom. The monoisotopic (exact) mass is 367 g/mol. The molecule has 0 saturated heterocycles. The number of aryl methyl sites for hydroxylation is 2. The van der Waals surface area contributed by atoms with E-state index in [2.05, 4.69) is 45.3 Å². The predicted octanol–water partition coefficient (Wildman–Crippen LogP) is 5.04. The Labute approximate surface area is 161 Å². The van der Waals surface area contributed by atoms with Crippen LogP contribution in [0.25, 0.3) is 16.7 Å². The molecule has 0 N–H and O–H groups in total. The van der Waals surface area contributed by atoms with Crippen LogP contribution in [-0.2, 0) is 16.1 Å². The first kappa shape index (κ1) is 19.2. The van der Waals surface area contributed by atoms with Gasteiger partial charge in [-0.3, -0.25) is 9.36 Å². The molecule has 0 unspecified atom stereocenters. The molecule has 0 bridgehead atoms. The van der Waals surface area contributed by atoms with E-state index in [0.29, 0.717) is 13.0 Å². The minimum atomic E-state index is -0.0724. The second-order valence-electron chi connectivity index (χ2n) is 6.91. The lowest BCUT2D eigenvalue weighted by Crippen LogP contribution is -2.06. The van der Waals surface area contributed by atoms with Crippen molar-refractivity contribution in [3.8, 4) is 5.82 Å². The van der Waals surface area contributed by atoms with Crippen LogP contribution < -0.4 is 0 Å². The Kier molecular flexibility index (Phi) is 6.69. The molecule has 5 heteroatoms. The largest absolute Gasteiger partial charge is 0.466 e. The third kappa shape index (κ3) is 4.59. The van der Waals surface area contributed by atoms with Gasteiger partial charge >= 0.3 is 5.97 Å². The molecule has 2 aromatic heterocycles. The van der Waals surface area contributed by atoms with E-state index in [0.717, 1.165) is 38.6 Å². The highest BCUT2D eigenvalue weighted by atomic mass is 16.5. The summed E-state index contributed by atoms with van der Waals surface area (Å²) in [6, 6.07) is 8.59. The molecule has 0 aliphatic heterocycles. The highest BCUT2D eigenvalue weighted by molar-refractivity contribution is 5.87. The van der Waals surface area contributed by atoms with Crippen molar-refractivity contribution in [2.75, 3.05) is 6.61 Å². The lowest BCUT2D eigenvalue weighted by atomic mass is 10.1. The van der Waals surface area contributed by atoms with Crippen molar-refractivity contribution in [1.29, 1.82) is 0 Å². The molecule has 2 heterocycles. The average Bonchev–Trinajstić information content (AvgIpc) is 3.28. The summed E-state index contributed by atoms with van der Waals surface area (Å²) < 4.78 is 9.48. The zero-order chi connectivity index (χ0) is 19.1. The fourth-order valence-electron chi connectivity index (χ4n) is 3.71. The van der Waals surface area contributed by atoms with Gasteiger partial charge in [0.15, 0.2) is 0 Å². The topological polar surface area (TPSA) is 49.0 Å². The number of ether oxygens (including phenoxy) is 1. The standard InChI is InChI=1S/C22H29N3O2/c1-3-27-21(26)13-7-5-4-6-10-15-25-20-12-9-8-11-19(20)18(2)22(25)24-16-14-23-17-24/h8-9,11-12,14,16-17H,3-7,10,13,15H2,1-2H3. The number of rotatable bonds is 10. The van der Waals surface area contributed by atoms with Crippen molar-refractivity contribution in [1.82, 2.24) is 14.1 Å². The summed E-state index contributed by atoms with van der Waals surface area (Å²) in [5.41, 5.74) is 2.57. The molecule has 3 aromatic rings. The Balaban J connectivity index is 1.59. The van der Waals surface area contributed by atoms with Crippen LogP contribution in [0.3, 0.4) is 0 Å². The van der Waals surface area contributed by atoms with Crippen LogP contribution in [0.5, 0.6) is 0 Å². The predicted molar refractivity (Wildman–Crippen MR) is 108 cm³/mol. The lowest BCUT2D eigenvalue weighted by Gasteiger charge is -2.12. The second kappa shape index (κ2) is 9.40. The van der Waals surface area contributed by atoms with Crippen molar-refractivity contribution in [3.63, 3.8) is 0 Å². The zero-order valence-electron chi connectivity index (χ0n) is 16.4. The van der Waals surface area contributed by atoms with Crippen LogP contribution in [0.15, 0.2) is 43.0 Å². The number of hydrogen-bond acceptors (Lipinski definition) is 3. The third-order valence-corrected chi connectivity index (χ3v) is 5.01. The number of para-hydroxylation sites is 1. The summed E-state index contributed by atoms with van der Waals surface area (Å²) in [6.07, 6.45) is 11.7. The molecule has 0 radical (unpaired) electrons. The number of fused-ring (bicyclic) bond motifs is 1. The summed E-state index contributed by atoms with van der Waals surface area (Å²) in [4.78, 5) is 15.6. The van der Waals surface area contributed by atoms with Gasteiger partial charge in [0.2, 0.25) is 0 Å². The van der Waals surface area contributed by atoms with Gasteiger partial charge in [0, 0.05) is 36.3 Å². The molecule has 5 nitrogen and oxygen atoms in total. The van der Waals surface area contributed by atoms with E-state index in [9.17, 15) is 4.79 Å². The maximum atomic E-state index is 11.4. The minimum Gasteiger partial charge on any atom is -0.466 e. The zero-order valence-corrected chi connectivity index (χ0v) is 16.4. The minimum absolute atomic E-state index is 0.0724. The fourth-order valence-corrected chi connectivity index (χ4v) is 3.71. The highest BCUT2D eigenvalue weighted by Gasteiger charge is 2.14. The van der Waals surface area contributed by atoms with Crippen LogP contribution in [0.4, 0.5) is 0 Å². The van der Waals surface area contributed by atoms with Crippen molar-refractivity contribution >= 4 is 16.9 Å². The smallest absolute Gasteiger partial charge is 0.305 e. The first-order chi connectivity index (χ1) is 13.2. The molecule has 0 saturated carbocycles. The van der Waals surface area contributed by atoms with Crippen LogP contribution in [0.2, 0.25) is 0 Å². The lowest BCUT2D eigenvalue weighted by molar-refractivity contribution is -0.143. The van der Waals surface area contributed by atoms with Crippen LogP contribution in [0, 0.1) is 6.92 Å². The number of carbonyl (C=O) groups is 1. The van der Waals surface area contributed by atoms with E-state index in [1.807, 2.05) is 25.6 Å². The SMILES string of the molecule is CCOC(=O)CCCCCCCn1c(-n2ccnc2)c(C)c2ccccc21. The number of nitrogens with zero attached hydrogens (tertiary/aromatic N) is 3.